The van der Waals surface area contributed by atoms with Crippen molar-refractivity contribution in [3.8, 4) is 0 Å². The van der Waals surface area contributed by atoms with Crippen LogP contribution in [0.4, 0.5) is 5.69 Å². The number of nitrogens with zero attached hydrogens (tertiary/aromatic N) is 2. The molecule has 0 aromatic heterocycles. The first-order chi connectivity index (χ1) is 13.4. The van der Waals surface area contributed by atoms with Gasteiger partial charge in [0.2, 0.25) is 15.9 Å². The maximum atomic E-state index is 12.9. The molecule has 1 fully saturated rings. The summed E-state index contributed by atoms with van der Waals surface area (Å²) in [6.45, 7) is 3.83. The Labute approximate surface area is 167 Å². The molecule has 0 spiro atoms. The summed E-state index contributed by atoms with van der Waals surface area (Å²) in [6, 6.07) is 13.2. The SMILES string of the molecule is Cc1ccc(CC(=O)N2CCc3cc(S(=O)(=O)N4CCCCC4)ccc32)cc1. The lowest BCUT2D eigenvalue weighted by atomic mass is 10.1. The highest BCUT2D eigenvalue weighted by molar-refractivity contribution is 7.89. The predicted molar refractivity (Wildman–Crippen MR) is 110 cm³/mol. The molecule has 0 radical (unpaired) electrons. The van der Waals surface area contributed by atoms with Crippen molar-refractivity contribution in [1.29, 1.82) is 0 Å². The van der Waals surface area contributed by atoms with E-state index >= 15 is 0 Å². The summed E-state index contributed by atoms with van der Waals surface area (Å²) in [6.07, 6.45) is 3.98. The molecule has 0 N–H and O–H groups in total. The van der Waals surface area contributed by atoms with Crippen LogP contribution in [0.2, 0.25) is 0 Å². The Morgan fingerprint density at radius 2 is 1.68 bits per heavy atom. The molecule has 1 amide bonds. The average Bonchev–Trinajstić information content (AvgIpc) is 3.14. The highest BCUT2D eigenvalue weighted by Gasteiger charge is 2.30. The highest BCUT2D eigenvalue weighted by atomic mass is 32.2. The predicted octanol–water partition coefficient (Wildman–Crippen LogP) is 3.30. The topological polar surface area (TPSA) is 57.7 Å². The number of piperidine rings is 1. The van der Waals surface area contributed by atoms with E-state index in [0.717, 1.165) is 36.1 Å². The fourth-order valence-corrected chi connectivity index (χ4v) is 5.60. The molecule has 0 aliphatic carbocycles. The van der Waals surface area contributed by atoms with Crippen LogP contribution >= 0.6 is 0 Å². The third kappa shape index (κ3) is 3.71. The zero-order chi connectivity index (χ0) is 19.7. The van der Waals surface area contributed by atoms with E-state index in [1.807, 2.05) is 31.2 Å². The average molecular weight is 399 g/mol. The van der Waals surface area contributed by atoms with Gasteiger partial charge in [-0.25, -0.2) is 8.42 Å². The third-order valence-electron chi connectivity index (χ3n) is 5.68. The van der Waals surface area contributed by atoms with Gasteiger partial charge in [0.15, 0.2) is 0 Å². The molecular formula is C22H26N2O3S. The fraction of sp³-hybridized carbons (Fsp3) is 0.409. The summed E-state index contributed by atoms with van der Waals surface area (Å²) in [5, 5.41) is 0. The first-order valence-corrected chi connectivity index (χ1v) is 11.4. The molecule has 0 atom stereocenters. The molecule has 5 nitrogen and oxygen atoms in total. The van der Waals surface area contributed by atoms with Gasteiger partial charge in [0.1, 0.15) is 0 Å². The van der Waals surface area contributed by atoms with Gasteiger partial charge in [-0.2, -0.15) is 4.31 Å². The van der Waals surface area contributed by atoms with Gasteiger partial charge in [-0.05, 0) is 55.5 Å². The van der Waals surface area contributed by atoms with Gasteiger partial charge in [0.05, 0.1) is 11.3 Å². The normalized spacial score (nSPS) is 17.5. The molecule has 0 saturated carbocycles. The van der Waals surface area contributed by atoms with E-state index in [-0.39, 0.29) is 5.91 Å². The number of sulfonamides is 1. The molecular weight excluding hydrogens is 372 g/mol. The first kappa shape index (κ1) is 19.2. The van der Waals surface area contributed by atoms with Crippen LogP contribution in [-0.4, -0.2) is 38.3 Å². The van der Waals surface area contributed by atoms with Crippen molar-refractivity contribution in [2.24, 2.45) is 0 Å². The van der Waals surface area contributed by atoms with Crippen LogP contribution in [0.25, 0.3) is 0 Å². The summed E-state index contributed by atoms with van der Waals surface area (Å²) < 4.78 is 27.4. The van der Waals surface area contributed by atoms with E-state index in [9.17, 15) is 13.2 Å². The van der Waals surface area contributed by atoms with Crippen molar-refractivity contribution < 1.29 is 13.2 Å². The van der Waals surface area contributed by atoms with E-state index < -0.39 is 10.0 Å². The Morgan fingerprint density at radius 1 is 0.964 bits per heavy atom. The number of anilines is 1. The number of carbonyl (C=O) groups excluding carboxylic acids is 1. The number of aryl methyl sites for hydroxylation is 1. The Balaban J connectivity index is 1.53. The molecule has 4 rings (SSSR count). The fourth-order valence-electron chi connectivity index (χ4n) is 4.03. The van der Waals surface area contributed by atoms with Gasteiger partial charge in [-0.15, -0.1) is 0 Å². The minimum Gasteiger partial charge on any atom is -0.312 e. The highest BCUT2D eigenvalue weighted by Crippen LogP contribution is 2.32. The van der Waals surface area contributed by atoms with E-state index in [0.29, 0.717) is 37.4 Å². The van der Waals surface area contributed by atoms with Crippen molar-refractivity contribution in [2.75, 3.05) is 24.5 Å². The second kappa shape index (κ2) is 7.68. The molecule has 1 saturated heterocycles. The summed E-state index contributed by atoms with van der Waals surface area (Å²) in [4.78, 5) is 14.9. The molecule has 148 valence electrons. The second-order valence-corrected chi connectivity index (χ2v) is 9.65. The molecule has 2 aromatic rings. The maximum absolute atomic E-state index is 12.9. The number of carbonyl (C=O) groups is 1. The molecule has 2 heterocycles. The lowest BCUT2D eigenvalue weighted by molar-refractivity contribution is -0.117. The van der Waals surface area contributed by atoms with Gasteiger partial charge in [-0.1, -0.05) is 36.2 Å². The number of hydrogen-bond acceptors (Lipinski definition) is 3. The van der Waals surface area contributed by atoms with Crippen molar-refractivity contribution >= 4 is 21.6 Å². The largest absolute Gasteiger partial charge is 0.312 e. The first-order valence-electron chi connectivity index (χ1n) is 9.94. The van der Waals surface area contributed by atoms with Crippen molar-refractivity contribution in [3.63, 3.8) is 0 Å². The third-order valence-corrected chi connectivity index (χ3v) is 7.57. The number of benzene rings is 2. The molecule has 28 heavy (non-hydrogen) atoms. The van der Waals surface area contributed by atoms with Crippen LogP contribution in [0.3, 0.4) is 0 Å². The summed E-state index contributed by atoms with van der Waals surface area (Å²) in [7, 11) is -3.44. The van der Waals surface area contributed by atoms with Crippen LogP contribution in [-0.2, 0) is 27.7 Å². The van der Waals surface area contributed by atoms with Gasteiger partial charge in [-0.3, -0.25) is 4.79 Å². The zero-order valence-corrected chi connectivity index (χ0v) is 17.0. The second-order valence-electron chi connectivity index (χ2n) is 7.71. The molecule has 0 unspecified atom stereocenters. The Bertz CT molecular complexity index is 977. The maximum Gasteiger partial charge on any atom is 0.243 e. The van der Waals surface area contributed by atoms with E-state index in [2.05, 4.69) is 0 Å². The molecule has 2 aliphatic heterocycles. The standard InChI is InChI=1S/C22H26N2O3S/c1-17-5-7-18(8-6-17)15-22(25)24-14-11-19-16-20(9-10-21(19)24)28(26,27)23-12-3-2-4-13-23/h5-10,16H,2-4,11-15H2,1H3. The number of fused-ring (bicyclic) bond motifs is 1. The molecule has 6 heteroatoms. The molecule has 2 aromatic carbocycles. The number of rotatable bonds is 4. The van der Waals surface area contributed by atoms with Crippen LogP contribution in [0.1, 0.15) is 36.0 Å². The Kier molecular flexibility index (Phi) is 5.25. The quantitative estimate of drug-likeness (QED) is 0.794. The number of amides is 1. The summed E-state index contributed by atoms with van der Waals surface area (Å²) in [5.41, 5.74) is 3.95. The Morgan fingerprint density at radius 3 is 2.39 bits per heavy atom. The van der Waals surface area contributed by atoms with Crippen molar-refractivity contribution in [2.45, 2.75) is 43.9 Å². The molecule has 0 bridgehead atoms. The van der Waals surface area contributed by atoms with Crippen LogP contribution < -0.4 is 4.90 Å². The van der Waals surface area contributed by atoms with Gasteiger partial charge in [0.25, 0.3) is 0 Å². The van der Waals surface area contributed by atoms with Crippen LogP contribution in [0.15, 0.2) is 47.4 Å². The van der Waals surface area contributed by atoms with Gasteiger partial charge in [0, 0.05) is 25.3 Å². The smallest absolute Gasteiger partial charge is 0.243 e. The van der Waals surface area contributed by atoms with E-state index in [1.165, 1.54) is 5.56 Å². The summed E-state index contributed by atoms with van der Waals surface area (Å²) >= 11 is 0. The lowest BCUT2D eigenvalue weighted by Crippen LogP contribution is -2.35. The number of hydrogen-bond donors (Lipinski definition) is 0. The Hall–Kier alpha value is -2.18. The zero-order valence-electron chi connectivity index (χ0n) is 16.2. The lowest BCUT2D eigenvalue weighted by Gasteiger charge is -2.26. The monoisotopic (exact) mass is 398 g/mol. The van der Waals surface area contributed by atoms with E-state index in [1.54, 1.807) is 27.4 Å². The minimum atomic E-state index is -3.44. The van der Waals surface area contributed by atoms with E-state index in [4.69, 9.17) is 0 Å². The van der Waals surface area contributed by atoms with Crippen LogP contribution in [0.5, 0.6) is 0 Å². The summed E-state index contributed by atoms with van der Waals surface area (Å²) in [5.74, 6) is 0.0502. The van der Waals surface area contributed by atoms with Crippen molar-refractivity contribution in [1.82, 2.24) is 4.31 Å². The minimum absolute atomic E-state index is 0.0502. The molecule has 2 aliphatic rings. The van der Waals surface area contributed by atoms with Gasteiger partial charge < -0.3 is 4.90 Å². The van der Waals surface area contributed by atoms with Crippen LogP contribution in [0, 0.1) is 6.92 Å². The van der Waals surface area contributed by atoms with Gasteiger partial charge >= 0.3 is 0 Å². The van der Waals surface area contributed by atoms with Crippen molar-refractivity contribution in [3.05, 3.63) is 59.2 Å².